The lowest BCUT2D eigenvalue weighted by molar-refractivity contribution is -0.128. The van der Waals surface area contributed by atoms with E-state index in [2.05, 4.69) is 24.2 Å². The van der Waals surface area contributed by atoms with Gasteiger partial charge in [-0.25, -0.2) is 0 Å². The van der Waals surface area contributed by atoms with E-state index in [1.807, 2.05) is 30.3 Å². The number of amidine groups is 1. The topological polar surface area (TPSA) is 61.8 Å². The van der Waals surface area contributed by atoms with E-state index in [-0.39, 0.29) is 23.5 Å². The smallest absolute Gasteiger partial charge is 0.242 e. The Bertz CT molecular complexity index is 604. The average Bonchev–Trinajstić information content (AvgIpc) is 2.89. The zero-order valence-electron chi connectivity index (χ0n) is 15.0. The fourth-order valence-electron chi connectivity index (χ4n) is 2.52. The first kappa shape index (κ1) is 19.5. The maximum atomic E-state index is 12.7. The number of aliphatic imine (C=N–C) groups is 1. The molecule has 0 bridgehead atoms. The molecule has 2 rings (SSSR count). The Balaban J connectivity index is 1.98. The molecular weight excluding hydrogens is 334 g/mol. The van der Waals surface area contributed by atoms with Crippen LogP contribution in [0, 0.1) is 0 Å². The molecule has 1 heterocycles. The van der Waals surface area contributed by atoms with Crippen LogP contribution in [0.25, 0.3) is 0 Å². The summed E-state index contributed by atoms with van der Waals surface area (Å²) in [6, 6.07) is 9.32. The lowest BCUT2D eigenvalue weighted by Gasteiger charge is -2.15. The van der Waals surface area contributed by atoms with Crippen molar-refractivity contribution in [1.82, 2.24) is 4.90 Å². The van der Waals surface area contributed by atoms with E-state index < -0.39 is 0 Å². The Morgan fingerprint density at radius 2 is 1.92 bits per heavy atom. The van der Waals surface area contributed by atoms with Crippen molar-refractivity contribution in [3.63, 3.8) is 0 Å². The zero-order valence-corrected chi connectivity index (χ0v) is 15.8. The lowest BCUT2D eigenvalue weighted by atomic mass is 10.2. The summed E-state index contributed by atoms with van der Waals surface area (Å²) in [5, 5.41) is 3.26. The Hall–Kier alpha value is -1.82. The van der Waals surface area contributed by atoms with Crippen LogP contribution in [-0.2, 0) is 9.59 Å². The Kier molecular flexibility index (Phi) is 7.98. The predicted molar refractivity (Wildman–Crippen MR) is 105 cm³/mol. The van der Waals surface area contributed by atoms with Crippen LogP contribution in [-0.4, -0.2) is 40.2 Å². The van der Waals surface area contributed by atoms with Gasteiger partial charge in [-0.3, -0.25) is 19.5 Å². The fraction of sp³-hybridized carbons (Fsp3) is 0.526. The summed E-state index contributed by atoms with van der Waals surface area (Å²) in [6.45, 7) is 5.65. The largest absolute Gasteiger partial charge is 0.326 e. The number of carbonyl (C=O) groups is 2. The molecule has 1 fully saturated rings. The first-order chi connectivity index (χ1) is 12.2. The monoisotopic (exact) mass is 361 g/mol. The van der Waals surface area contributed by atoms with Crippen LogP contribution in [0.5, 0.6) is 0 Å². The van der Waals surface area contributed by atoms with Gasteiger partial charge in [0.2, 0.25) is 11.8 Å². The third-order valence-electron chi connectivity index (χ3n) is 3.94. The van der Waals surface area contributed by atoms with Crippen molar-refractivity contribution in [2.45, 2.75) is 51.2 Å². The van der Waals surface area contributed by atoms with Crippen molar-refractivity contribution in [2.75, 3.05) is 18.4 Å². The molecule has 5 nitrogen and oxygen atoms in total. The van der Waals surface area contributed by atoms with Gasteiger partial charge in [0, 0.05) is 25.2 Å². The number of hydrogen-bond donors (Lipinski definition) is 1. The maximum Gasteiger partial charge on any atom is 0.242 e. The summed E-state index contributed by atoms with van der Waals surface area (Å²) in [4.78, 5) is 31.3. The van der Waals surface area contributed by atoms with Crippen molar-refractivity contribution in [3.8, 4) is 0 Å². The second kappa shape index (κ2) is 10.2. The van der Waals surface area contributed by atoms with Gasteiger partial charge in [0.15, 0.2) is 5.17 Å². The van der Waals surface area contributed by atoms with Gasteiger partial charge < -0.3 is 5.32 Å². The number of para-hydroxylation sites is 1. The molecule has 1 saturated heterocycles. The molecule has 1 aliphatic rings. The molecular formula is C19H27N3O2S. The summed E-state index contributed by atoms with van der Waals surface area (Å²) < 4.78 is 0. The first-order valence-electron chi connectivity index (χ1n) is 9.03. The maximum absolute atomic E-state index is 12.7. The zero-order chi connectivity index (χ0) is 18.1. The van der Waals surface area contributed by atoms with E-state index in [1.54, 1.807) is 4.90 Å². The van der Waals surface area contributed by atoms with Gasteiger partial charge in [-0.05, 0) is 25.0 Å². The van der Waals surface area contributed by atoms with Gasteiger partial charge in [-0.1, -0.05) is 56.7 Å². The van der Waals surface area contributed by atoms with E-state index in [9.17, 15) is 9.59 Å². The Morgan fingerprint density at radius 3 is 2.60 bits per heavy atom. The minimum atomic E-state index is -0.374. The molecule has 0 saturated carbocycles. The van der Waals surface area contributed by atoms with Crippen LogP contribution in [0.1, 0.15) is 46.0 Å². The SMILES string of the molecule is CCCCN=C1S[C@H](CC(=O)Nc2ccccc2)C(=O)N1CCCC. The lowest BCUT2D eigenvalue weighted by Crippen LogP contribution is -2.34. The number of thioether (sulfide) groups is 1. The molecule has 0 spiro atoms. The average molecular weight is 362 g/mol. The number of hydrogen-bond acceptors (Lipinski definition) is 4. The van der Waals surface area contributed by atoms with Crippen molar-refractivity contribution >= 4 is 34.4 Å². The number of anilines is 1. The van der Waals surface area contributed by atoms with Crippen LogP contribution >= 0.6 is 11.8 Å². The second-order valence-corrected chi connectivity index (χ2v) is 7.26. The third kappa shape index (κ3) is 5.88. The van der Waals surface area contributed by atoms with Crippen LogP contribution in [0.2, 0.25) is 0 Å². The van der Waals surface area contributed by atoms with E-state index in [1.165, 1.54) is 11.8 Å². The highest BCUT2D eigenvalue weighted by Gasteiger charge is 2.38. The number of carbonyl (C=O) groups excluding carboxylic acids is 2. The molecule has 1 aromatic rings. The molecule has 0 aromatic heterocycles. The highest BCUT2D eigenvalue weighted by molar-refractivity contribution is 8.15. The number of amides is 2. The van der Waals surface area contributed by atoms with E-state index in [4.69, 9.17) is 0 Å². The van der Waals surface area contributed by atoms with Crippen molar-refractivity contribution in [1.29, 1.82) is 0 Å². The number of benzene rings is 1. The summed E-state index contributed by atoms with van der Waals surface area (Å²) in [7, 11) is 0. The molecule has 136 valence electrons. The molecule has 2 amide bonds. The fourth-order valence-corrected chi connectivity index (χ4v) is 3.71. The van der Waals surface area contributed by atoms with Crippen molar-refractivity contribution in [2.24, 2.45) is 4.99 Å². The van der Waals surface area contributed by atoms with Crippen LogP contribution in [0.3, 0.4) is 0 Å². The highest BCUT2D eigenvalue weighted by atomic mass is 32.2. The van der Waals surface area contributed by atoms with E-state index in [0.717, 1.165) is 43.1 Å². The van der Waals surface area contributed by atoms with Crippen molar-refractivity contribution in [3.05, 3.63) is 30.3 Å². The van der Waals surface area contributed by atoms with Gasteiger partial charge in [0.25, 0.3) is 0 Å². The van der Waals surface area contributed by atoms with Gasteiger partial charge in [-0.15, -0.1) is 0 Å². The molecule has 0 unspecified atom stereocenters. The molecule has 6 heteroatoms. The summed E-state index contributed by atoms with van der Waals surface area (Å²) in [5.74, 6) is -0.126. The standard InChI is InChI=1S/C19H27N3O2S/c1-3-5-12-20-19-22(13-6-4-2)18(24)16(25-19)14-17(23)21-15-10-8-7-9-11-15/h7-11,16H,3-6,12-14H2,1-2H3,(H,21,23)/t16-/m1/s1. The summed E-state index contributed by atoms with van der Waals surface area (Å²) in [5.41, 5.74) is 0.752. The second-order valence-electron chi connectivity index (χ2n) is 6.09. The van der Waals surface area contributed by atoms with Gasteiger partial charge >= 0.3 is 0 Å². The molecule has 0 radical (unpaired) electrons. The van der Waals surface area contributed by atoms with Gasteiger partial charge in [-0.2, -0.15) is 0 Å². The number of nitrogens with one attached hydrogen (secondary N) is 1. The first-order valence-corrected chi connectivity index (χ1v) is 9.91. The number of nitrogens with zero attached hydrogens (tertiary/aromatic N) is 2. The van der Waals surface area contributed by atoms with Crippen LogP contribution < -0.4 is 5.32 Å². The quantitative estimate of drug-likeness (QED) is 0.678. The summed E-state index contributed by atoms with van der Waals surface area (Å²) >= 11 is 1.43. The molecule has 1 aliphatic heterocycles. The molecule has 0 aliphatic carbocycles. The summed E-state index contributed by atoms with van der Waals surface area (Å²) in [6.07, 6.45) is 4.23. The van der Waals surface area contributed by atoms with Crippen molar-refractivity contribution < 1.29 is 9.59 Å². The Labute approximate surface area is 154 Å². The predicted octanol–water partition coefficient (Wildman–Crippen LogP) is 3.92. The van der Waals surface area contributed by atoms with Crippen LogP contribution in [0.15, 0.2) is 35.3 Å². The minimum Gasteiger partial charge on any atom is -0.326 e. The van der Waals surface area contributed by atoms with Crippen LogP contribution in [0.4, 0.5) is 5.69 Å². The normalized spacial score (nSPS) is 18.8. The highest BCUT2D eigenvalue weighted by Crippen LogP contribution is 2.30. The molecule has 1 N–H and O–H groups in total. The van der Waals surface area contributed by atoms with E-state index >= 15 is 0 Å². The molecule has 25 heavy (non-hydrogen) atoms. The molecule has 1 atom stereocenters. The van der Waals surface area contributed by atoms with E-state index in [0.29, 0.717) is 6.54 Å². The Morgan fingerprint density at radius 1 is 1.20 bits per heavy atom. The number of unbranched alkanes of at least 4 members (excludes halogenated alkanes) is 2. The third-order valence-corrected chi connectivity index (χ3v) is 5.16. The number of rotatable bonds is 9. The minimum absolute atomic E-state index is 0.0110. The molecule has 1 aromatic carbocycles. The van der Waals surface area contributed by atoms with Gasteiger partial charge in [0.05, 0.1) is 0 Å². The van der Waals surface area contributed by atoms with Gasteiger partial charge in [0.1, 0.15) is 5.25 Å².